The van der Waals surface area contributed by atoms with Crippen LogP contribution in [0.1, 0.15) is 34.9 Å². The Bertz CT molecular complexity index is 869. The number of aromatic nitrogens is 3. The van der Waals surface area contributed by atoms with Gasteiger partial charge in [0.05, 0.1) is 17.9 Å². The Labute approximate surface area is 170 Å². The number of imidazole rings is 1. The number of nitrogens with zero attached hydrogens (tertiary/aromatic N) is 4. The van der Waals surface area contributed by atoms with Crippen molar-refractivity contribution < 1.29 is 0 Å². The Balaban J connectivity index is 1.54. The lowest BCUT2D eigenvalue weighted by Gasteiger charge is -2.11. The zero-order valence-corrected chi connectivity index (χ0v) is 17.4. The molecule has 2 N–H and O–H groups in total. The number of aryl methyl sites for hydroxylation is 1. The molecule has 0 aliphatic rings. The van der Waals surface area contributed by atoms with Gasteiger partial charge in [0.1, 0.15) is 0 Å². The fourth-order valence-electron chi connectivity index (χ4n) is 2.84. The van der Waals surface area contributed by atoms with Crippen molar-refractivity contribution >= 4 is 17.3 Å². The number of benzene rings is 1. The zero-order chi connectivity index (χ0) is 19.6. The summed E-state index contributed by atoms with van der Waals surface area (Å²) in [5.41, 5.74) is 2.45. The number of hydrogen-bond donors (Lipinski definition) is 2. The second-order valence-electron chi connectivity index (χ2n) is 6.50. The number of guanidine groups is 1. The molecule has 3 rings (SSSR count). The van der Waals surface area contributed by atoms with E-state index in [9.17, 15) is 0 Å². The minimum absolute atomic E-state index is 0.643. The summed E-state index contributed by atoms with van der Waals surface area (Å²) in [5, 5.41) is 7.90. The van der Waals surface area contributed by atoms with E-state index in [1.807, 2.05) is 18.7 Å². The van der Waals surface area contributed by atoms with Gasteiger partial charge in [-0.2, -0.15) is 0 Å². The van der Waals surface area contributed by atoms with Crippen molar-refractivity contribution in [3.8, 4) is 0 Å². The molecule has 0 unspecified atom stereocenters. The Morgan fingerprint density at radius 1 is 1.21 bits per heavy atom. The standard InChI is InChI=1S/C21H28N6S/c1-3-19-14-25-20(28-19)8-9-24-21(23-4-2)26-13-17-6-5-7-18(12-17)15-27-11-10-22-16-27/h5-7,10-12,14,16H,3-4,8-9,13,15H2,1-2H3,(H2,23,24,26). The van der Waals surface area contributed by atoms with Gasteiger partial charge < -0.3 is 15.2 Å². The van der Waals surface area contributed by atoms with Crippen LogP contribution < -0.4 is 10.6 Å². The van der Waals surface area contributed by atoms with E-state index in [0.717, 1.165) is 38.4 Å². The van der Waals surface area contributed by atoms with Crippen molar-refractivity contribution in [3.63, 3.8) is 0 Å². The highest BCUT2D eigenvalue weighted by atomic mass is 32.1. The molecule has 0 saturated carbocycles. The summed E-state index contributed by atoms with van der Waals surface area (Å²) in [6.07, 6.45) is 9.56. The first-order chi connectivity index (χ1) is 13.8. The Hall–Kier alpha value is -2.67. The maximum Gasteiger partial charge on any atom is 0.191 e. The molecule has 0 amide bonds. The highest BCUT2D eigenvalue weighted by Crippen LogP contribution is 2.13. The highest BCUT2D eigenvalue weighted by Gasteiger charge is 2.03. The summed E-state index contributed by atoms with van der Waals surface area (Å²) in [5.74, 6) is 0.842. The van der Waals surface area contributed by atoms with Crippen LogP contribution in [0, 0.1) is 0 Å². The maximum absolute atomic E-state index is 4.73. The Morgan fingerprint density at radius 3 is 2.86 bits per heavy atom. The summed E-state index contributed by atoms with van der Waals surface area (Å²) in [7, 11) is 0. The van der Waals surface area contributed by atoms with Crippen LogP contribution in [-0.2, 0) is 25.9 Å². The third-order valence-electron chi connectivity index (χ3n) is 4.26. The van der Waals surface area contributed by atoms with E-state index in [-0.39, 0.29) is 0 Å². The molecule has 0 saturated heterocycles. The van der Waals surface area contributed by atoms with Crippen molar-refractivity contribution in [2.45, 2.75) is 39.8 Å². The lowest BCUT2D eigenvalue weighted by molar-refractivity contribution is 0.790. The highest BCUT2D eigenvalue weighted by molar-refractivity contribution is 7.11. The molecule has 28 heavy (non-hydrogen) atoms. The third kappa shape index (κ3) is 6.20. The molecule has 3 aromatic rings. The Kier molecular flexibility index (Phi) is 7.61. The second-order valence-corrected chi connectivity index (χ2v) is 7.70. The minimum Gasteiger partial charge on any atom is -0.357 e. The van der Waals surface area contributed by atoms with Crippen molar-refractivity contribution in [1.82, 2.24) is 25.2 Å². The zero-order valence-electron chi connectivity index (χ0n) is 16.6. The quantitative estimate of drug-likeness (QED) is 0.430. The number of nitrogens with one attached hydrogen (secondary N) is 2. The first-order valence-electron chi connectivity index (χ1n) is 9.76. The number of aliphatic imine (C=N–C) groups is 1. The third-order valence-corrected chi connectivity index (χ3v) is 5.46. The molecular formula is C21H28N6S. The largest absolute Gasteiger partial charge is 0.357 e. The smallest absolute Gasteiger partial charge is 0.191 e. The summed E-state index contributed by atoms with van der Waals surface area (Å²) in [6.45, 7) is 7.37. The van der Waals surface area contributed by atoms with Gasteiger partial charge in [0.2, 0.25) is 0 Å². The predicted octanol–water partition coefficient (Wildman–Crippen LogP) is 3.25. The summed E-state index contributed by atoms with van der Waals surface area (Å²) in [4.78, 5) is 14.6. The van der Waals surface area contributed by atoms with E-state index in [4.69, 9.17) is 4.99 Å². The molecule has 6 nitrogen and oxygen atoms in total. The lowest BCUT2D eigenvalue weighted by Crippen LogP contribution is -2.38. The van der Waals surface area contributed by atoms with Crippen LogP contribution in [0.5, 0.6) is 0 Å². The van der Waals surface area contributed by atoms with Gasteiger partial charge in [0.25, 0.3) is 0 Å². The molecular weight excluding hydrogens is 368 g/mol. The summed E-state index contributed by atoms with van der Waals surface area (Å²) >= 11 is 1.79. The molecule has 2 heterocycles. The van der Waals surface area contributed by atoms with Crippen LogP contribution in [0.15, 0.2) is 54.2 Å². The van der Waals surface area contributed by atoms with E-state index >= 15 is 0 Å². The average molecular weight is 397 g/mol. The molecule has 0 aliphatic heterocycles. The van der Waals surface area contributed by atoms with Gasteiger partial charge >= 0.3 is 0 Å². The van der Waals surface area contributed by atoms with Gasteiger partial charge in [0, 0.05) is 49.5 Å². The number of hydrogen-bond acceptors (Lipinski definition) is 4. The van der Waals surface area contributed by atoms with E-state index in [0.29, 0.717) is 6.54 Å². The molecule has 0 atom stereocenters. The predicted molar refractivity (Wildman–Crippen MR) is 116 cm³/mol. The van der Waals surface area contributed by atoms with E-state index in [1.165, 1.54) is 21.0 Å². The van der Waals surface area contributed by atoms with Gasteiger partial charge in [-0.1, -0.05) is 31.2 Å². The SMILES string of the molecule is CCNC(=NCc1cccc(Cn2ccnc2)c1)NCCc1ncc(CC)s1. The number of rotatable bonds is 9. The molecule has 0 radical (unpaired) electrons. The minimum atomic E-state index is 0.643. The van der Waals surface area contributed by atoms with E-state index < -0.39 is 0 Å². The van der Waals surface area contributed by atoms with E-state index in [1.54, 1.807) is 17.5 Å². The van der Waals surface area contributed by atoms with Crippen LogP contribution in [0.4, 0.5) is 0 Å². The van der Waals surface area contributed by atoms with Crippen molar-refractivity contribution in [2.75, 3.05) is 13.1 Å². The fourth-order valence-corrected chi connectivity index (χ4v) is 3.71. The van der Waals surface area contributed by atoms with Crippen LogP contribution in [0.25, 0.3) is 0 Å². The summed E-state index contributed by atoms with van der Waals surface area (Å²) in [6, 6.07) is 8.54. The van der Waals surface area contributed by atoms with Crippen molar-refractivity contribution in [3.05, 3.63) is 70.2 Å². The van der Waals surface area contributed by atoms with Crippen LogP contribution in [0.3, 0.4) is 0 Å². The van der Waals surface area contributed by atoms with Crippen LogP contribution in [-0.4, -0.2) is 33.6 Å². The monoisotopic (exact) mass is 396 g/mol. The van der Waals surface area contributed by atoms with Crippen molar-refractivity contribution in [2.24, 2.45) is 4.99 Å². The lowest BCUT2D eigenvalue weighted by atomic mass is 10.1. The van der Waals surface area contributed by atoms with Gasteiger partial charge in [-0.05, 0) is 24.5 Å². The van der Waals surface area contributed by atoms with Gasteiger partial charge in [-0.25, -0.2) is 15.0 Å². The number of thiazole rings is 1. The molecule has 0 spiro atoms. The fraction of sp³-hybridized carbons (Fsp3) is 0.381. The molecule has 1 aromatic carbocycles. The maximum atomic E-state index is 4.73. The Morgan fingerprint density at radius 2 is 2.11 bits per heavy atom. The second kappa shape index (κ2) is 10.6. The van der Waals surface area contributed by atoms with Crippen molar-refractivity contribution in [1.29, 1.82) is 0 Å². The summed E-state index contributed by atoms with van der Waals surface area (Å²) < 4.78 is 2.07. The molecule has 0 bridgehead atoms. The van der Waals surface area contributed by atoms with Gasteiger partial charge in [-0.15, -0.1) is 11.3 Å². The van der Waals surface area contributed by atoms with Gasteiger partial charge in [0.15, 0.2) is 5.96 Å². The van der Waals surface area contributed by atoms with Crippen LogP contribution in [0.2, 0.25) is 0 Å². The molecule has 7 heteroatoms. The normalized spacial score (nSPS) is 11.6. The first-order valence-corrected chi connectivity index (χ1v) is 10.6. The molecule has 0 fully saturated rings. The average Bonchev–Trinajstić information content (AvgIpc) is 3.38. The molecule has 2 aromatic heterocycles. The van der Waals surface area contributed by atoms with Crippen LogP contribution >= 0.6 is 11.3 Å². The molecule has 0 aliphatic carbocycles. The first kappa shape index (κ1) is 20.1. The van der Waals surface area contributed by atoms with Gasteiger partial charge in [-0.3, -0.25) is 0 Å². The molecule has 148 valence electrons. The topological polar surface area (TPSA) is 67.1 Å². The van der Waals surface area contributed by atoms with E-state index in [2.05, 4.69) is 63.3 Å².